The fourth-order valence-corrected chi connectivity index (χ4v) is 0.714. The van der Waals surface area contributed by atoms with Crippen LogP contribution in [0.4, 0.5) is 0 Å². The maximum atomic E-state index is 3.57. The van der Waals surface area contributed by atoms with Crippen molar-refractivity contribution in [3.05, 3.63) is 0 Å². The molecule has 0 saturated heterocycles. The van der Waals surface area contributed by atoms with E-state index in [4.69, 9.17) is 0 Å². The summed E-state index contributed by atoms with van der Waals surface area (Å²) in [5.41, 5.74) is 2.82. The Morgan fingerprint density at radius 3 is 2.33 bits per heavy atom. The van der Waals surface area contributed by atoms with E-state index >= 15 is 0 Å². The molecule has 0 rings (SSSR count). The molecule has 0 aliphatic carbocycles. The summed E-state index contributed by atoms with van der Waals surface area (Å²) in [6.07, 6.45) is 1.99. The molecule has 0 radical (unpaired) electrons. The van der Waals surface area contributed by atoms with Crippen molar-refractivity contribution >= 4 is 18.5 Å². The molecule has 9 heavy (non-hydrogen) atoms. The van der Waals surface area contributed by atoms with E-state index in [0.29, 0.717) is 0 Å². The van der Waals surface area contributed by atoms with Crippen LogP contribution in [0.2, 0.25) is 0 Å². The van der Waals surface area contributed by atoms with E-state index in [1.165, 1.54) is 0 Å². The minimum atomic E-state index is -0.179. The topological polar surface area (TPSA) is 36.4 Å². The molecule has 4 heteroatoms. The maximum absolute atomic E-state index is 3.57. The Morgan fingerprint density at radius 2 is 2.22 bits per heavy atom. The Balaban J connectivity index is 3.75. The van der Waals surface area contributed by atoms with Gasteiger partial charge in [0.05, 0.1) is 0 Å². The van der Waals surface area contributed by atoms with Crippen molar-refractivity contribution in [3.8, 4) is 0 Å². The van der Waals surface area contributed by atoms with Gasteiger partial charge >= 0.3 is 0 Å². The molecule has 0 bridgehead atoms. The number of thioether (sulfide) groups is 1. The zero-order chi connectivity index (χ0) is 7.33. The molecule has 3 nitrogen and oxygen atoms in total. The highest BCUT2D eigenvalue weighted by atomic mass is 32.2. The number of hydrogen-bond donors (Lipinski definition) is 2. The zero-order valence-electron chi connectivity index (χ0n) is 6.06. The first-order valence-corrected chi connectivity index (χ1v) is 3.88. The minimum absolute atomic E-state index is 0.179. The Hall–Kier alpha value is -0.220. The van der Waals surface area contributed by atoms with Crippen LogP contribution in [-0.2, 0) is 0 Å². The summed E-state index contributed by atoms with van der Waals surface area (Å²) in [6.45, 7) is 5.32. The summed E-state index contributed by atoms with van der Waals surface area (Å²) < 4.78 is 0. The van der Waals surface area contributed by atoms with Crippen molar-refractivity contribution in [2.45, 2.75) is 11.9 Å². The first-order valence-electron chi connectivity index (χ1n) is 2.65. The molecule has 0 aliphatic rings. The van der Waals surface area contributed by atoms with Gasteiger partial charge in [0.2, 0.25) is 0 Å². The average molecular weight is 147 g/mol. The van der Waals surface area contributed by atoms with Crippen LogP contribution in [-0.4, -0.2) is 25.0 Å². The lowest BCUT2D eigenvalue weighted by atomic mass is 10.6. The Kier molecular flexibility index (Phi) is 3.65. The van der Waals surface area contributed by atoms with Gasteiger partial charge in [-0.15, -0.1) is 11.8 Å². The molecular formula is C5H13N3S. The third-order valence-electron chi connectivity index (χ3n) is 1.18. The molecule has 1 atom stereocenters. The first-order chi connectivity index (χ1) is 4.18. The molecule has 0 fully saturated rings. The third-order valence-corrected chi connectivity index (χ3v) is 2.29. The fraction of sp³-hybridized carbons (Fsp3) is 0.800. The molecule has 0 saturated carbocycles. The second-order valence-corrected chi connectivity index (χ2v) is 2.98. The van der Waals surface area contributed by atoms with E-state index in [1.54, 1.807) is 11.8 Å². The molecule has 0 aliphatic heterocycles. The lowest BCUT2D eigenvalue weighted by molar-refractivity contribution is 0.460. The smallest absolute Gasteiger partial charge is 0.148 e. The van der Waals surface area contributed by atoms with Gasteiger partial charge in [-0.3, -0.25) is 10.7 Å². The van der Waals surface area contributed by atoms with Crippen molar-refractivity contribution in [3.63, 3.8) is 0 Å². The summed E-state index contributed by atoms with van der Waals surface area (Å²) in [5, 5.41) is 6.61. The zero-order valence-corrected chi connectivity index (χ0v) is 6.88. The molecule has 0 amide bonds. The van der Waals surface area contributed by atoms with Crippen LogP contribution in [0.5, 0.6) is 0 Å². The van der Waals surface area contributed by atoms with Crippen LogP contribution >= 0.6 is 11.8 Å². The predicted octanol–water partition coefficient (Wildman–Crippen LogP) is 0.448. The second kappa shape index (κ2) is 3.74. The first kappa shape index (κ1) is 8.78. The molecule has 0 aromatic carbocycles. The largest absolute Gasteiger partial charge is 0.288 e. The SMILES string of the molecule is C=NNC(C)(NC)SC. The Morgan fingerprint density at radius 1 is 1.67 bits per heavy atom. The van der Waals surface area contributed by atoms with Crippen molar-refractivity contribution in [1.82, 2.24) is 10.7 Å². The van der Waals surface area contributed by atoms with Gasteiger partial charge < -0.3 is 0 Å². The number of rotatable bonds is 4. The average Bonchev–Trinajstić information content (AvgIpc) is 1.89. The lowest BCUT2D eigenvalue weighted by Gasteiger charge is -2.25. The third kappa shape index (κ3) is 2.72. The van der Waals surface area contributed by atoms with Gasteiger partial charge in [0.15, 0.2) is 0 Å². The molecule has 0 aromatic heterocycles. The Labute approximate surface area is 60.3 Å². The quantitative estimate of drug-likeness (QED) is 0.344. The van der Waals surface area contributed by atoms with E-state index in [0.717, 1.165) is 0 Å². The Bertz CT molecular complexity index is 90.2. The van der Waals surface area contributed by atoms with Gasteiger partial charge in [0, 0.05) is 6.72 Å². The highest BCUT2D eigenvalue weighted by Gasteiger charge is 2.17. The van der Waals surface area contributed by atoms with E-state index in [-0.39, 0.29) is 4.99 Å². The van der Waals surface area contributed by atoms with Gasteiger partial charge in [0.1, 0.15) is 4.99 Å². The molecule has 2 N–H and O–H groups in total. The molecule has 0 heterocycles. The van der Waals surface area contributed by atoms with Gasteiger partial charge in [-0.2, -0.15) is 5.10 Å². The van der Waals surface area contributed by atoms with Crippen molar-refractivity contribution in [2.24, 2.45) is 5.10 Å². The van der Waals surface area contributed by atoms with E-state index in [2.05, 4.69) is 22.6 Å². The number of hydrazone groups is 1. The highest BCUT2D eigenvalue weighted by Crippen LogP contribution is 2.12. The number of nitrogens with zero attached hydrogens (tertiary/aromatic N) is 1. The maximum Gasteiger partial charge on any atom is 0.148 e. The summed E-state index contributed by atoms with van der Waals surface area (Å²) in [7, 11) is 1.87. The van der Waals surface area contributed by atoms with Crippen molar-refractivity contribution < 1.29 is 0 Å². The van der Waals surface area contributed by atoms with Crippen LogP contribution in [0.3, 0.4) is 0 Å². The number of hydrogen-bond acceptors (Lipinski definition) is 4. The van der Waals surface area contributed by atoms with Gasteiger partial charge in [-0.05, 0) is 20.2 Å². The van der Waals surface area contributed by atoms with E-state index in [1.807, 2.05) is 20.2 Å². The van der Waals surface area contributed by atoms with Crippen LogP contribution < -0.4 is 10.7 Å². The van der Waals surface area contributed by atoms with Crippen LogP contribution in [0, 0.1) is 0 Å². The summed E-state index contributed by atoms with van der Waals surface area (Å²) in [5.74, 6) is 0. The summed E-state index contributed by atoms with van der Waals surface area (Å²) >= 11 is 1.64. The van der Waals surface area contributed by atoms with Crippen LogP contribution in [0.1, 0.15) is 6.92 Å². The molecule has 1 unspecified atom stereocenters. The van der Waals surface area contributed by atoms with Crippen molar-refractivity contribution in [1.29, 1.82) is 0 Å². The lowest BCUT2D eigenvalue weighted by Crippen LogP contribution is -2.47. The molecule has 54 valence electrons. The highest BCUT2D eigenvalue weighted by molar-refractivity contribution is 7.99. The molecular weight excluding hydrogens is 134 g/mol. The van der Waals surface area contributed by atoms with Crippen molar-refractivity contribution in [2.75, 3.05) is 13.3 Å². The normalized spacial score (nSPS) is 16.3. The monoisotopic (exact) mass is 147 g/mol. The van der Waals surface area contributed by atoms with Crippen LogP contribution in [0.15, 0.2) is 5.10 Å². The summed E-state index contributed by atoms with van der Waals surface area (Å²) in [4.78, 5) is -0.179. The van der Waals surface area contributed by atoms with Gasteiger partial charge in [-0.25, -0.2) is 0 Å². The van der Waals surface area contributed by atoms with Gasteiger partial charge in [0.25, 0.3) is 0 Å². The number of nitrogens with one attached hydrogen (secondary N) is 2. The standard InChI is InChI=1S/C5H13N3S/c1-5(6-2,9-4)8-7-3/h6,8H,3H2,1-2,4H3. The predicted molar refractivity (Wildman–Crippen MR) is 43.7 cm³/mol. The minimum Gasteiger partial charge on any atom is -0.288 e. The van der Waals surface area contributed by atoms with Crippen LogP contribution in [0.25, 0.3) is 0 Å². The molecule has 0 aromatic rings. The van der Waals surface area contributed by atoms with E-state index < -0.39 is 0 Å². The summed E-state index contributed by atoms with van der Waals surface area (Å²) in [6, 6.07) is 0. The second-order valence-electron chi connectivity index (χ2n) is 1.76. The van der Waals surface area contributed by atoms with E-state index in [9.17, 15) is 0 Å². The fourth-order valence-electron chi connectivity index (χ4n) is 0.354. The van der Waals surface area contributed by atoms with Gasteiger partial charge in [-0.1, -0.05) is 0 Å². The molecule has 0 spiro atoms.